The van der Waals surface area contributed by atoms with E-state index < -0.39 is 17.5 Å². The summed E-state index contributed by atoms with van der Waals surface area (Å²) in [6.07, 6.45) is 3.76. The molecule has 0 radical (unpaired) electrons. The van der Waals surface area contributed by atoms with Crippen molar-refractivity contribution in [2.75, 3.05) is 5.32 Å². The Morgan fingerprint density at radius 1 is 0.947 bits per heavy atom. The van der Waals surface area contributed by atoms with E-state index in [4.69, 9.17) is 0 Å². The number of rotatable bonds is 5. The molecular weight excluding hydrogens is 490 g/mol. The predicted octanol–water partition coefficient (Wildman–Crippen LogP) is 6.25. The van der Waals surface area contributed by atoms with E-state index in [9.17, 15) is 23.8 Å². The molecule has 0 spiro atoms. The number of fused-ring (bicyclic) bond motifs is 1. The lowest BCUT2D eigenvalue weighted by molar-refractivity contribution is 0.0749. The van der Waals surface area contributed by atoms with Crippen molar-refractivity contribution in [3.8, 4) is 22.8 Å². The number of hydrogen-bond donors (Lipinski definition) is 3. The average Bonchev–Trinajstić information content (AvgIpc) is 3.65. The van der Waals surface area contributed by atoms with E-state index in [1.165, 1.54) is 18.2 Å². The molecule has 9 heteroatoms. The maximum absolute atomic E-state index is 14.6. The molecule has 1 amide bonds. The first-order valence-electron chi connectivity index (χ1n) is 12.6. The van der Waals surface area contributed by atoms with Gasteiger partial charge in [0.2, 0.25) is 0 Å². The van der Waals surface area contributed by atoms with Crippen LogP contribution in [-0.2, 0) is 13.1 Å². The monoisotopic (exact) mass is 516 g/mol. The third-order valence-electron chi connectivity index (χ3n) is 7.34. The van der Waals surface area contributed by atoms with Gasteiger partial charge in [0.05, 0.1) is 17.4 Å². The van der Waals surface area contributed by atoms with Gasteiger partial charge in [-0.05, 0) is 36.1 Å². The topological polar surface area (TPSA) is 90.6 Å². The van der Waals surface area contributed by atoms with Crippen molar-refractivity contribution in [2.45, 2.75) is 44.8 Å². The van der Waals surface area contributed by atoms with Gasteiger partial charge in [-0.25, -0.2) is 13.5 Å². The highest BCUT2D eigenvalue weighted by Gasteiger charge is 2.30. The maximum Gasteiger partial charge on any atom is 0.260 e. The lowest BCUT2D eigenvalue weighted by Gasteiger charge is -2.21. The van der Waals surface area contributed by atoms with Crippen molar-refractivity contribution in [2.24, 2.45) is 0 Å². The van der Waals surface area contributed by atoms with E-state index >= 15 is 0 Å². The number of amides is 1. The van der Waals surface area contributed by atoms with Crippen LogP contribution in [0, 0.1) is 11.6 Å². The van der Waals surface area contributed by atoms with Gasteiger partial charge in [-0.15, -0.1) is 0 Å². The molecule has 7 nitrogen and oxygen atoms in total. The lowest BCUT2D eigenvalue weighted by atomic mass is 10.1. The van der Waals surface area contributed by atoms with Crippen LogP contribution in [0.2, 0.25) is 0 Å². The molecule has 1 aromatic heterocycles. The number of aromatic nitrogens is 2. The van der Waals surface area contributed by atoms with Gasteiger partial charge in [0.1, 0.15) is 22.9 Å². The molecule has 4 aromatic rings. The van der Waals surface area contributed by atoms with Crippen molar-refractivity contribution >= 4 is 17.4 Å². The lowest BCUT2D eigenvalue weighted by Crippen LogP contribution is -2.26. The minimum absolute atomic E-state index is 0.00765. The van der Waals surface area contributed by atoms with Gasteiger partial charge in [0.25, 0.3) is 5.91 Å². The second-order valence-electron chi connectivity index (χ2n) is 9.84. The Hall–Kier alpha value is -4.40. The minimum atomic E-state index is -0.991. The number of aromatic hydroxyl groups is 2. The molecule has 2 aliphatic rings. The Morgan fingerprint density at radius 2 is 1.66 bits per heavy atom. The normalized spacial score (nSPS) is 15.2. The van der Waals surface area contributed by atoms with Crippen LogP contribution in [0.3, 0.4) is 0 Å². The highest BCUT2D eigenvalue weighted by Crippen LogP contribution is 2.39. The number of phenols is 2. The highest BCUT2D eigenvalue weighted by atomic mass is 19.2. The van der Waals surface area contributed by atoms with E-state index in [2.05, 4.69) is 10.4 Å². The second kappa shape index (κ2) is 9.48. The van der Waals surface area contributed by atoms with Crippen molar-refractivity contribution in [3.63, 3.8) is 0 Å². The summed E-state index contributed by atoms with van der Waals surface area (Å²) in [4.78, 5) is 15.3. The molecule has 6 rings (SSSR count). The molecule has 1 saturated carbocycles. The fraction of sp³-hybridized carbons (Fsp3) is 0.241. The van der Waals surface area contributed by atoms with Gasteiger partial charge in [0.15, 0.2) is 11.6 Å². The fourth-order valence-corrected chi connectivity index (χ4v) is 5.46. The summed E-state index contributed by atoms with van der Waals surface area (Å²) in [6.45, 7) is 0.801. The number of phenolic OH excluding ortho intramolecular Hbond substituents is 2. The van der Waals surface area contributed by atoms with E-state index in [-0.39, 0.29) is 40.0 Å². The molecule has 3 aromatic carbocycles. The molecule has 1 aliphatic heterocycles. The van der Waals surface area contributed by atoms with Crippen LogP contribution >= 0.6 is 0 Å². The van der Waals surface area contributed by atoms with Crippen LogP contribution in [0.15, 0.2) is 60.7 Å². The van der Waals surface area contributed by atoms with Crippen molar-refractivity contribution in [3.05, 3.63) is 89.0 Å². The number of benzene rings is 3. The second-order valence-corrected chi connectivity index (χ2v) is 9.84. The summed E-state index contributed by atoms with van der Waals surface area (Å²) in [5.41, 5.74) is 2.53. The first-order valence-corrected chi connectivity index (χ1v) is 12.6. The highest BCUT2D eigenvalue weighted by molar-refractivity contribution is 6.03. The molecule has 0 bridgehead atoms. The van der Waals surface area contributed by atoms with Gasteiger partial charge in [0, 0.05) is 36.9 Å². The Labute approximate surface area is 218 Å². The van der Waals surface area contributed by atoms with Crippen LogP contribution in [-0.4, -0.2) is 30.8 Å². The smallest absolute Gasteiger partial charge is 0.260 e. The Kier molecular flexibility index (Phi) is 5.98. The Morgan fingerprint density at radius 3 is 2.37 bits per heavy atom. The van der Waals surface area contributed by atoms with Crippen molar-refractivity contribution in [1.82, 2.24) is 14.7 Å². The number of carbonyl (C=O) groups excluding carboxylic acids is 1. The number of nitrogens with one attached hydrogen (secondary N) is 1. The quantitative estimate of drug-likeness (QED) is 0.292. The van der Waals surface area contributed by atoms with Gasteiger partial charge in [-0.1, -0.05) is 43.2 Å². The summed E-state index contributed by atoms with van der Waals surface area (Å²) in [6, 6.07) is 15.8. The standard InChI is InChI=1S/C29H26F2N4O3/c30-22-11-5-10-21(28(22)31)23-14-26(35(33-23)19-8-3-4-9-19)32-24-12-20(36)13-25(37)27(24)29(38)34-15-17-6-1-2-7-18(17)16-34/h1-2,5-7,10-14,19,32,36-37H,3-4,8-9,15-16H2. The van der Waals surface area contributed by atoms with Crippen LogP contribution in [0.25, 0.3) is 11.3 Å². The molecule has 1 fully saturated rings. The number of anilines is 2. The van der Waals surface area contributed by atoms with Gasteiger partial charge < -0.3 is 20.4 Å². The summed E-state index contributed by atoms with van der Waals surface area (Å²) in [7, 11) is 0. The molecule has 0 atom stereocenters. The van der Waals surface area contributed by atoms with Gasteiger partial charge in [-0.2, -0.15) is 5.10 Å². The SMILES string of the molecule is O=C(c1c(O)cc(O)cc1Nc1cc(-c2cccc(F)c2F)nn1C1CCCC1)N1Cc2ccccc2C1. The summed E-state index contributed by atoms with van der Waals surface area (Å²) in [5.74, 6) is -2.50. The van der Waals surface area contributed by atoms with Crippen molar-refractivity contribution < 1.29 is 23.8 Å². The van der Waals surface area contributed by atoms with Crippen molar-refractivity contribution in [1.29, 1.82) is 0 Å². The van der Waals surface area contributed by atoms with Crippen LogP contribution in [0.4, 0.5) is 20.3 Å². The molecular formula is C29H26F2N4O3. The molecule has 0 saturated heterocycles. The molecule has 2 heterocycles. The van der Waals surface area contributed by atoms with Gasteiger partial charge >= 0.3 is 0 Å². The zero-order chi connectivity index (χ0) is 26.4. The van der Waals surface area contributed by atoms with Gasteiger partial charge in [-0.3, -0.25) is 4.79 Å². The summed E-state index contributed by atoms with van der Waals surface area (Å²) < 4.78 is 30.3. The molecule has 1 aliphatic carbocycles. The molecule has 3 N–H and O–H groups in total. The van der Waals surface area contributed by atoms with E-state index in [0.29, 0.717) is 18.9 Å². The van der Waals surface area contributed by atoms with E-state index in [0.717, 1.165) is 48.9 Å². The third-order valence-corrected chi connectivity index (χ3v) is 7.34. The van der Waals surface area contributed by atoms with Crippen LogP contribution in [0.1, 0.15) is 53.2 Å². The Bertz CT molecular complexity index is 1520. The maximum atomic E-state index is 14.6. The van der Waals surface area contributed by atoms with E-state index in [1.54, 1.807) is 15.6 Å². The first kappa shape index (κ1) is 24.0. The minimum Gasteiger partial charge on any atom is -0.508 e. The largest absolute Gasteiger partial charge is 0.508 e. The number of hydrogen-bond acceptors (Lipinski definition) is 5. The average molecular weight is 517 g/mol. The zero-order valence-electron chi connectivity index (χ0n) is 20.5. The number of nitrogens with zero attached hydrogens (tertiary/aromatic N) is 3. The van der Waals surface area contributed by atoms with Crippen LogP contribution in [0.5, 0.6) is 11.5 Å². The molecule has 38 heavy (non-hydrogen) atoms. The van der Waals surface area contributed by atoms with E-state index in [1.807, 2.05) is 24.3 Å². The predicted molar refractivity (Wildman–Crippen MR) is 138 cm³/mol. The fourth-order valence-electron chi connectivity index (χ4n) is 5.46. The molecule has 194 valence electrons. The van der Waals surface area contributed by atoms with Crippen LogP contribution < -0.4 is 5.32 Å². The zero-order valence-corrected chi connectivity index (χ0v) is 20.5. The summed E-state index contributed by atoms with van der Waals surface area (Å²) >= 11 is 0. The first-order chi connectivity index (χ1) is 18.4. The third kappa shape index (κ3) is 4.23. The molecule has 0 unspecified atom stereocenters. The number of carbonyl (C=O) groups is 1. The Balaban J connectivity index is 1.40. The summed E-state index contributed by atoms with van der Waals surface area (Å²) in [5, 5.41) is 28.8. The number of halogens is 2.